The van der Waals surface area contributed by atoms with E-state index in [2.05, 4.69) is 40.5 Å². The van der Waals surface area contributed by atoms with Crippen LogP contribution in [0.2, 0.25) is 0 Å². The van der Waals surface area contributed by atoms with Crippen molar-refractivity contribution in [2.45, 2.75) is 13.0 Å². The first-order chi connectivity index (χ1) is 8.86. The van der Waals surface area contributed by atoms with Gasteiger partial charge in [0.2, 0.25) is 0 Å². The van der Waals surface area contributed by atoms with Gasteiger partial charge in [0, 0.05) is 31.6 Å². The van der Waals surface area contributed by atoms with Gasteiger partial charge in [-0.2, -0.15) is 0 Å². The molecule has 18 heavy (non-hydrogen) atoms. The molecule has 0 amide bonds. The van der Waals surface area contributed by atoms with Crippen molar-refractivity contribution in [3.8, 4) is 0 Å². The molecule has 2 aliphatic heterocycles. The van der Waals surface area contributed by atoms with Gasteiger partial charge in [0.15, 0.2) is 0 Å². The van der Waals surface area contributed by atoms with Crippen LogP contribution < -0.4 is 5.32 Å². The lowest BCUT2D eigenvalue weighted by Crippen LogP contribution is -2.39. The summed E-state index contributed by atoms with van der Waals surface area (Å²) in [5, 5.41) is 3.49. The van der Waals surface area contributed by atoms with Crippen LogP contribution >= 0.6 is 0 Å². The normalized spacial score (nSPS) is 29.6. The summed E-state index contributed by atoms with van der Waals surface area (Å²) in [6, 6.07) is 10.8. The van der Waals surface area contributed by atoms with Gasteiger partial charge in [-0.3, -0.25) is 4.90 Å². The molecule has 3 rings (SSSR count). The Morgan fingerprint density at radius 1 is 1.28 bits per heavy atom. The maximum atomic E-state index is 5.82. The summed E-state index contributed by atoms with van der Waals surface area (Å²) < 4.78 is 5.82. The second-order valence-electron chi connectivity index (χ2n) is 5.68. The van der Waals surface area contributed by atoms with Crippen molar-refractivity contribution in [1.29, 1.82) is 0 Å². The lowest BCUT2D eigenvalue weighted by molar-refractivity contribution is 0.0788. The molecule has 1 unspecified atom stereocenters. The second-order valence-corrected chi connectivity index (χ2v) is 5.68. The summed E-state index contributed by atoms with van der Waals surface area (Å²) in [6.07, 6.45) is 1.25. The van der Waals surface area contributed by atoms with Crippen molar-refractivity contribution in [2.75, 3.05) is 39.4 Å². The van der Waals surface area contributed by atoms with Crippen LogP contribution in [-0.4, -0.2) is 44.3 Å². The molecule has 0 aliphatic carbocycles. The van der Waals surface area contributed by atoms with Crippen molar-refractivity contribution < 1.29 is 4.74 Å². The molecule has 1 atom stereocenters. The molecule has 0 radical (unpaired) electrons. The van der Waals surface area contributed by atoms with E-state index in [4.69, 9.17) is 4.74 Å². The Labute approximate surface area is 109 Å². The Bertz CT molecular complexity index is 373. The first kappa shape index (κ1) is 12.2. The van der Waals surface area contributed by atoms with E-state index in [1.54, 1.807) is 0 Å². The van der Waals surface area contributed by atoms with Gasteiger partial charge in [-0.1, -0.05) is 30.3 Å². The number of benzene rings is 1. The Morgan fingerprint density at radius 2 is 2.17 bits per heavy atom. The molecule has 1 aromatic carbocycles. The fourth-order valence-corrected chi connectivity index (χ4v) is 3.11. The molecule has 0 bridgehead atoms. The van der Waals surface area contributed by atoms with Gasteiger partial charge in [0.25, 0.3) is 0 Å². The molecule has 1 spiro atoms. The highest BCUT2D eigenvalue weighted by molar-refractivity contribution is 5.14. The molecule has 2 saturated heterocycles. The van der Waals surface area contributed by atoms with Crippen molar-refractivity contribution in [1.82, 2.24) is 10.2 Å². The highest BCUT2D eigenvalue weighted by Gasteiger charge is 2.37. The van der Waals surface area contributed by atoms with Crippen molar-refractivity contribution >= 4 is 0 Å². The molecule has 2 aliphatic rings. The minimum Gasteiger partial charge on any atom is -0.379 e. The number of rotatable bonds is 2. The van der Waals surface area contributed by atoms with E-state index >= 15 is 0 Å². The Kier molecular flexibility index (Phi) is 3.64. The van der Waals surface area contributed by atoms with Crippen LogP contribution in [-0.2, 0) is 11.3 Å². The molecule has 0 aromatic heterocycles. The summed E-state index contributed by atoms with van der Waals surface area (Å²) in [4.78, 5) is 2.55. The van der Waals surface area contributed by atoms with Crippen LogP contribution in [0, 0.1) is 5.41 Å². The van der Waals surface area contributed by atoms with Gasteiger partial charge in [-0.15, -0.1) is 0 Å². The standard InChI is InChI=1S/C15H22N2O/c1-2-4-14(5-3-1)10-17-8-9-18-13-15(12-17)6-7-16-11-15/h1-5,16H,6-13H2. The number of ether oxygens (including phenoxy) is 1. The zero-order valence-corrected chi connectivity index (χ0v) is 10.9. The quantitative estimate of drug-likeness (QED) is 0.856. The third-order valence-corrected chi connectivity index (χ3v) is 4.10. The van der Waals surface area contributed by atoms with E-state index in [1.165, 1.54) is 12.0 Å². The minimum atomic E-state index is 0.352. The fourth-order valence-electron chi connectivity index (χ4n) is 3.11. The van der Waals surface area contributed by atoms with E-state index in [0.717, 1.165) is 45.9 Å². The fraction of sp³-hybridized carbons (Fsp3) is 0.600. The average Bonchev–Trinajstić information content (AvgIpc) is 2.75. The van der Waals surface area contributed by atoms with Gasteiger partial charge < -0.3 is 10.1 Å². The van der Waals surface area contributed by atoms with E-state index in [9.17, 15) is 0 Å². The molecular weight excluding hydrogens is 224 g/mol. The Hall–Kier alpha value is -0.900. The number of nitrogens with zero attached hydrogens (tertiary/aromatic N) is 1. The second kappa shape index (κ2) is 5.39. The zero-order valence-electron chi connectivity index (χ0n) is 10.9. The number of hydrogen-bond donors (Lipinski definition) is 1. The van der Waals surface area contributed by atoms with Crippen molar-refractivity contribution in [3.63, 3.8) is 0 Å². The SMILES string of the molecule is c1ccc(CN2CCOCC3(CCNC3)C2)cc1. The summed E-state index contributed by atoms with van der Waals surface area (Å²) in [6.45, 7) is 7.30. The predicted molar refractivity (Wildman–Crippen MR) is 72.5 cm³/mol. The smallest absolute Gasteiger partial charge is 0.0593 e. The molecule has 98 valence electrons. The molecule has 1 aromatic rings. The van der Waals surface area contributed by atoms with Crippen LogP contribution in [0.5, 0.6) is 0 Å². The lowest BCUT2D eigenvalue weighted by atomic mass is 9.87. The Morgan fingerprint density at radius 3 is 2.94 bits per heavy atom. The largest absolute Gasteiger partial charge is 0.379 e. The first-order valence-electron chi connectivity index (χ1n) is 6.91. The minimum absolute atomic E-state index is 0.352. The summed E-state index contributed by atoms with van der Waals surface area (Å²) in [7, 11) is 0. The highest BCUT2D eigenvalue weighted by atomic mass is 16.5. The third kappa shape index (κ3) is 2.74. The van der Waals surface area contributed by atoms with Crippen LogP contribution in [0.15, 0.2) is 30.3 Å². The monoisotopic (exact) mass is 246 g/mol. The van der Waals surface area contributed by atoms with E-state index in [0.29, 0.717) is 5.41 Å². The maximum Gasteiger partial charge on any atom is 0.0593 e. The maximum absolute atomic E-state index is 5.82. The van der Waals surface area contributed by atoms with Crippen molar-refractivity contribution in [2.24, 2.45) is 5.41 Å². The molecule has 0 saturated carbocycles. The van der Waals surface area contributed by atoms with Gasteiger partial charge in [-0.05, 0) is 18.5 Å². The highest BCUT2D eigenvalue weighted by Crippen LogP contribution is 2.29. The predicted octanol–water partition coefficient (Wildman–Crippen LogP) is 1.50. The van der Waals surface area contributed by atoms with Crippen LogP contribution in [0.1, 0.15) is 12.0 Å². The summed E-state index contributed by atoms with van der Waals surface area (Å²) in [5.41, 5.74) is 1.76. The number of hydrogen-bond acceptors (Lipinski definition) is 3. The average molecular weight is 246 g/mol. The molecule has 3 nitrogen and oxygen atoms in total. The third-order valence-electron chi connectivity index (χ3n) is 4.10. The topological polar surface area (TPSA) is 24.5 Å². The first-order valence-corrected chi connectivity index (χ1v) is 6.91. The van der Waals surface area contributed by atoms with Gasteiger partial charge >= 0.3 is 0 Å². The van der Waals surface area contributed by atoms with E-state index < -0.39 is 0 Å². The Balaban J connectivity index is 1.68. The summed E-state index contributed by atoms with van der Waals surface area (Å²) >= 11 is 0. The molecular formula is C15H22N2O. The van der Waals surface area contributed by atoms with E-state index in [1.807, 2.05) is 0 Å². The number of nitrogens with one attached hydrogen (secondary N) is 1. The van der Waals surface area contributed by atoms with Gasteiger partial charge in [-0.25, -0.2) is 0 Å². The molecule has 2 heterocycles. The zero-order chi connectivity index (χ0) is 12.3. The van der Waals surface area contributed by atoms with Gasteiger partial charge in [0.1, 0.15) is 0 Å². The van der Waals surface area contributed by atoms with Crippen LogP contribution in [0.25, 0.3) is 0 Å². The van der Waals surface area contributed by atoms with Crippen LogP contribution in [0.4, 0.5) is 0 Å². The molecule has 2 fully saturated rings. The molecule has 1 N–H and O–H groups in total. The summed E-state index contributed by atoms with van der Waals surface area (Å²) in [5.74, 6) is 0. The van der Waals surface area contributed by atoms with Crippen molar-refractivity contribution in [3.05, 3.63) is 35.9 Å². The lowest BCUT2D eigenvalue weighted by Gasteiger charge is -2.31. The van der Waals surface area contributed by atoms with Crippen LogP contribution in [0.3, 0.4) is 0 Å². The molecule has 3 heteroatoms. The van der Waals surface area contributed by atoms with Gasteiger partial charge in [0.05, 0.1) is 13.2 Å². The van der Waals surface area contributed by atoms with E-state index in [-0.39, 0.29) is 0 Å².